The molecule has 1 fully saturated rings. The van der Waals surface area contributed by atoms with Gasteiger partial charge in [-0.15, -0.1) is 5.10 Å². The van der Waals surface area contributed by atoms with Gasteiger partial charge < -0.3 is 14.7 Å². The molecule has 0 aromatic carbocycles. The third-order valence-corrected chi connectivity index (χ3v) is 3.02. The summed E-state index contributed by atoms with van der Waals surface area (Å²) in [4.78, 5) is 28.7. The molecule has 1 aromatic heterocycles. The minimum absolute atomic E-state index is 0.00750. The van der Waals surface area contributed by atoms with Crippen LogP contribution in [0.5, 0.6) is 0 Å². The number of ether oxygens (including phenoxy) is 1. The first-order valence-electron chi connectivity index (χ1n) is 6.35. The summed E-state index contributed by atoms with van der Waals surface area (Å²) in [6, 6.07) is 0. The van der Waals surface area contributed by atoms with E-state index in [0.717, 1.165) is 0 Å². The number of nitrogens with zero attached hydrogens (tertiary/aromatic N) is 3. The van der Waals surface area contributed by atoms with Crippen LogP contribution in [0, 0.1) is 0 Å². The van der Waals surface area contributed by atoms with Crippen molar-refractivity contribution in [3.05, 3.63) is 11.6 Å². The maximum atomic E-state index is 12.2. The number of morpholine rings is 1. The van der Waals surface area contributed by atoms with Crippen LogP contribution in [0.15, 0.2) is 0 Å². The number of hydrogen-bond donors (Lipinski definition) is 2. The van der Waals surface area contributed by atoms with Gasteiger partial charge in [0.1, 0.15) is 5.82 Å². The lowest BCUT2D eigenvalue weighted by atomic mass is 9.96. The van der Waals surface area contributed by atoms with Crippen LogP contribution in [-0.2, 0) is 14.9 Å². The van der Waals surface area contributed by atoms with Gasteiger partial charge in [0.05, 0.1) is 13.2 Å². The van der Waals surface area contributed by atoms with Gasteiger partial charge in [0.25, 0.3) is 5.91 Å². The molecule has 0 saturated carbocycles. The number of amides is 1. The number of hydrogen-bond acceptors (Lipinski definition) is 5. The summed E-state index contributed by atoms with van der Waals surface area (Å²) in [6.07, 6.45) is -0.992. The minimum Gasteiger partial charge on any atom is -0.479 e. The van der Waals surface area contributed by atoms with Crippen LogP contribution < -0.4 is 0 Å². The molecule has 110 valence electrons. The van der Waals surface area contributed by atoms with E-state index < -0.39 is 12.1 Å². The number of aromatic amines is 1. The van der Waals surface area contributed by atoms with Crippen molar-refractivity contribution in [1.82, 2.24) is 20.1 Å². The molecule has 0 radical (unpaired) electrons. The Morgan fingerprint density at radius 1 is 1.45 bits per heavy atom. The van der Waals surface area contributed by atoms with Gasteiger partial charge in [-0.3, -0.25) is 9.89 Å². The van der Waals surface area contributed by atoms with Gasteiger partial charge in [-0.1, -0.05) is 20.8 Å². The van der Waals surface area contributed by atoms with Crippen LogP contribution in [-0.4, -0.2) is 62.9 Å². The Balaban J connectivity index is 2.11. The average Bonchev–Trinajstić information content (AvgIpc) is 2.87. The van der Waals surface area contributed by atoms with Crippen LogP contribution in [0.2, 0.25) is 0 Å². The van der Waals surface area contributed by atoms with Crippen LogP contribution in [0.4, 0.5) is 0 Å². The number of carbonyl (C=O) groups is 2. The number of rotatable bonds is 2. The van der Waals surface area contributed by atoms with Crippen LogP contribution in [0.3, 0.4) is 0 Å². The fraction of sp³-hybridized carbons (Fsp3) is 0.667. The number of aromatic nitrogens is 3. The summed E-state index contributed by atoms with van der Waals surface area (Å²) in [5.74, 6) is -0.788. The van der Waals surface area contributed by atoms with Crippen molar-refractivity contribution in [2.24, 2.45) is 0 Å². The predicted octanol–water partition coefficient (Wildman–Crippen LogP) is 0.0278. The molecule has 2 rings (SSSR count). The van der Waals surface area contributed by atoms with Gasteiger partial charge in [-0.2, -0.15) is 0 Å². The van der Waals surface area contributed by atoms with Crippen molar-refractivity contribution in [3.8, 4) is 0 Å². The number of carboxylic acid groups (broad SMARTS) is 1. The first kappa shape index (κ1) is 14.4. The quantitative estimate of drug-likeness (QED) is 0.792. The maximum Gasteiger partial charge on any atom is 0.334 e. The van der Waals surface area contributed by atoms with E-state index in [1.165, 1.54) is 4.90 Å². The summed E-state index contributed by atoms with van der Waals surface area (Å²) in [5, 5.41) is 15.6. The standard InChI is InChI=1S/C12H18N4O4/c1-12(2,3)11-13-8(14-15-11)9(17)16-4-5-20-7(6-16)10(18)19/h7H,4-6H2,1-3H3,(H,18,19)(H,13,14,15). The number of carbonyl (C=O) groups excluding carboxylic acids is 1. The summed E-state index contributed by atoms with van der Waals surface area (Å²) in [6.45, 7) is 6.40. The van der Waals surface area contributed by atoms with E-state index in [-0.39, 0.29) is 30.3 Å². The molecule has 1 unspecified atom stereocenters. The molecule has 2 heterocycles. The number of aliphatic carboxylic acids is 1. The maximum absolute atomic E-state index is 12.2. The molecule has 1 aliphatic heterocycles. The summed E-state index contributed by atoms with van der Waals surface area (Å²) in [5.41, 5.74) is -0.236. The van der Waals surface area contributed by atoms with Crippen molar-refractivity contribution in [2.45, 2.75) is 32.3 Å². The van der Waals surface area contributed by atoms with Crippen molar-refractivity contribution in [3.63, 3.8) is 0 Å². The van der Waals surface area contributed by atoms with Crippen molar-refractivity contribution >= 4 is 11.9 Å². The average molecular weight is 282 g/mol. The summed E-state index contributed by atoms with van der Waals surface area (Å²) < 4.78 is 5.07. The van der Waals surface area contributed by atoms with Crippen LogP contribution in [0.25, 0.3) is 0 Å². The molecule has 8 heteroatoms. The molecule has 1 aliphatic rings. The van der Waals surface area contributed by atoms with Gasteiger partial charge >= 0.3 is 5.97 Å². The fourth-order valence-electron chi connectivity index (χ4n) is 1.82. The Hall–Kier alpha value is -1.96. The highest BCUT2D eigenvalue weighted by Crippen LogP contribution is 2.18. The number of H-pyrrole nitrogens is 1. The monoisotopic (exact) mass is 282 g/mol. The van der Waals surface area contributed by atoms with E-state index >= 15 is 0 Å². The zero-order valence-corrected chi connectivity index (χ0v) is 11.7. The van der Waals surface area contributed by atoms with Crippen molar-refractivity contribution < 1.29 is 19.4 Å². The highest BCUT2D eigenvalue weighted by molar-refractivity contribution is 5.91. The zero-order chi connectivity index (χ0) is 14.9. The van der Waals surface area contributed by atoms with E-state index in [1.807, 2.05) is 20.8 Å². The number of carboxylic acids is 1. The van der Waals surface area contributed by atoms with Gasteiger partial charge in [0.15, 0.2) is 6.10 Å². The van der Waals surface area contributed by atoms with E-state index in [4.69, 9.17) is 9.84 Å². The molecule has 1 atom stereocenters. The zero-order valence-electron chi connectivity index (χ0n) is 11.7. The Kier molecular flexibility index (Phi) is 3.76. The van der Waals surface area contributed by atoms with E-state index in [1.54, 1.807) is 0 Å². The SMILES string of the molecule is CC(C)(C)c1nc(C(=O)N2CCOC(C(=O)O)C2)n[nH]1. The van der Waals surface area contributed by atoms with E-state index in [9.17, 15) is 9.59 Å². The minimum atomic E-state index is -1.08. The van der Waals surface area contributed by atoms with Gasteiger partial charge in [-0.05, 0) is 0 Å². The molecule has 0 bridgehead atoms. The molecule has 0 aliphatic carbocycles. The van der Waals surface area contributed by atoms with Crippen LogP contribution >= 0.6 is 0 Å². The van der Waals surface area contributed by atoms with Crippen LogP contribution in [0.1, 0.15) is 37.2 Å². The Labute approximate surface area is 116 Å². The normalized spacial score (nSPS) is 19.9. The predicted molar refractivity (Wildman–Crippen MR) is 68.4 cm³/mol. The second-order valence-corrected chi connectivity index (χ2v) is 5.71. The van der Waals surface area contributed by atoms with Gasteiger partial charge in [0, 0.05) is 12.0 Å². The highest BCUT2D eigenvalue weighted by Gasteiger charge is 2.31. The van der Waals surface area contributed by atoms with Gasteiger partial charge in [0.2, 0.25) is 5.82 Å². The lowest BCUT2D eigenvalue weighted by molar-refractivity contribution is -0.154. The Morgan fingerprint density at radius 2 is 2.15 bits per heavy atom. The van der Waals surface area contributed by atoms with E-state index in [0.29, 0.717) is 12.4 Å². The largest absolute Gasteiger partial charge is 0.479 e. The lowest BCUT2D eigenvalue weighted by Crippen LogP contribution is -2.48. The van der Waals surface area contributed by atoms with Crippen molar-refractivity contribution in [2.75, 3.05) is 19.7 Å². The Bertz CT molecular complexity index is 520. The topological polar surface area (TPSA) is 108 Å². The molecular weight excluding hydrogens is 264 g/mol. The third-order valence-electron chi connectivity index (χ3n) is 3.02. The fourth-order valence-corrected chi connectivity index (χ4v) is 1.82. The molecule has 1 aromatic rings. The summed E-state index contributed by atoms with van der Waals surface area (Å²) >= 11 is 0. The van der Waals surface area contributed by atoms with Gasteiger partial charge in [-0.25, -0.2) is 9.78 Å². The highest BCUT2D eigenvalue weighted by atomic mass is 16.5. The number of nitrogens with one attached hydrogen (secondary N) is 1. The second-order valence-electron chi connectivity index (χ2n) is 5.71. The molecule has 1 amide bonds. The lowest BCUT2D eigenvalue weighted by Gasteiger charge is -2.29. The first-order chi connectivity index (χ1) is 9.29. The first-order valence-corrected chi connectivity index (χ1v) is 6.35. The van der Waals surface area contributed by atoms with Crippen molar-refractivity contribution in [1.29, 1.82) is 0 Å². The third kappa shape index (κ3) is 2.96. The molecule has 8 nitrogen and oxygen atoms in total. The second kappa shape index (κ2) is 5.20. The molecule has 20 heavy (non-hydrogen) atoms. The summed E-state index contributed by atoms with van der Waals surface area (Å²) in [7, 11) is 0. The Morgan fingerprint density at radius 3 is 2.70 bits per heavy atom. The molecule has 2 N–H and O–H groups in total. The molecule has 0 spiro atoms. The van der Waals surface area contributed by atoms with E-state index in [2.05, 4.69) is 15.2 Å². The molecular formula is C12H18N4O4. The smallest absolute Gasteiger partial charge is 0.334 e. The molecule has 1 saturated heterocycles.